The van der Waals surface area contributed by atoms with E-state index in [1.807, 2.05) is 30.3 Å². The second kappa shape index (κ2) is 11.1. The maximum atomic E-state index is 9.80. The molecule has 9 aromatic carbocycles. The Morgan fingerprint density at radius 1 is 0.367 bits per heavy atom. The van der Waals surface area contributed by atoms with Crippen molar-refractivity contribution in [2.45, 2.75) is 0 Å². The van der Waals surface area contributed by atoms with Gasteiger partial charge < -0.3 is 4.42 Å². The molecule has 0 radical (unpaired) electrons. The fourth-order valence-corrected chi connectivity index (χ4v) is 6.62. The quantitative estimate of drug-likeness (QED) is 0.138. The average Bonchev–Trinajstić information content (AvgIpc) is 3.69. The number of rotatable bonds is 4. The zero-order chi connectivity index (χ0) is 47.1. The van der Waals surface area contributed by atoms with Crippen molar-refractivity contribution in [1.82, 2.24) is 0 Å². The van der Waals surface area contributed by atoms with Gasteiger partial charge in [0.1, 0.15) is 11.3 Å². The number of fused-ring (bicyclic) bond motifs is 6. The first-order valence-electron chi connectivity index (χ1n) is 24.0. The second-order valence-corrected chi connectivity index (χ2v) is 11.5. The Balaban J connectivity index is 1.51. The SMILES string of the molecule is [2H]c1c([2H])c([2H])c2c(-c3c(-c4c([2H])c([2H])c5c(c4[2H])c([2H])c([2H])c4c([2H])c([2H])c([2H])c([2H])c45)oc4ccc(-c5ccccc5)cc34)c3c([2H])c([2H])c([2H])c([2H])c3c(-c3ccccc3)c2c1[2H]. The lowest BCUT2D eigenvalue weighted by Gasteiger charge is -2.18. The molecule has 0 saturated carbocycles. The summed E-state index contributed by atoms with van der Waals surface area (Å²) in [6.45, 7) is 0. The van der Waals surface area contributed by atoms with Crippen molar-refractivity contribution in [3.63, 3.8) is 0 Å². The van der Waals surface area contributed by atoms with Gasteiger partial charge >= 0.3 is 0 Å². The van der Waals surface area contributed by atoms with Crippen molar-refractivity contribution in [2.75, 3.05) is 0 Å². The summed E-state index contributed by atoms with van der Waals surface area (Å²) < 4.78 is 162. The van der Waals surface area contributed by atoms with Crippen molar-refractivity contribution in [3.8, 4) is 44.7 Å². The van der Waals surface area contributed by atoms with Crippen LogP contribution in [0.4, 0.5) is 0 Å². The maximum absolute atomic E-state index is 9.80. The minimum absolute atomic E-state index is 0.0615. The number of hydrogen-bond acceptors (Lipinski definition) is 1. The van der Waals surface area contributed by atoms with Crippen molar-refractivity contribution < 1.29 is 27.7 Å². The van der Waals surface area contributed by atoms with E-state index in [9.17, 15) is 11.0 Å². The first-order chi connectivity index (χ1) is 31.4. The van der Waals surface area contributed by atoms with Crippen LogP contribution in [0.1, 0.15) is 23.3 Å². The summed E-state index contributed by atoms with van der Waals surface area (Å²) in [6.07, 6.45) is 0. The maximum Gasteiger partial charge on any atom is 0.143 e. The third kappa shape index (κ3) is 4.40. The molecule has 0 aliphatic carbocycles. The minimum Gasteiger partial charge on any atom is -0.455 e. The molecule has 10 aromatic rings. The van der Waals surface area contributed by atoms with E-state index >= 15 is 0 Å². The van der Waals surface area contributed by atoms with Crippen LogP contribution in [-0.2, 0) is 0 Å². The van der Waals surface area contributed by atoms with Crippen LogP contribution >= 0.6 is 0 Å². The molecule has 1 heterocycles. The van der Waals surface area contributed by atoms with Gasteiger partial charge in [0.15, 0.2) is 0 Å². The van der Waals surface area contributed by atoms with Gasteiger partial charge in [-0.05, 0) is 83.5 Å². The van der Waals surface area contributed by atoms with E-state index in [-0.39, 0.29) is 71.1 Å². The Bertz CT molecular complexity index is 3750. The van der Waals surface area contributed by atoms with Gasteiger partial charge in [-0.25, -0.2) is 0 Å². The highest BCUT2D eigenvalue weighted by Crippen LogP contribution is 2.50. The molecule has 0 atom stereocenters. The smallest absolute Gasteiger partial charge is 0.143 e. The molecule has 0 bridgehead atoms. The van der Waals surface area contributed by atoms with Crippen LogP contribution in [0, 0.1) is 0 Å². The number of hydrogen-bond donors (Lipinski definition) is 0. The highest BCUT2D eigenvalue weighted by molar-refractivity contribution is 6.25. The van der Waals surface area contributed by atoms with E-state index in [1.54, 1.807) is 48.5 Å². The second-order valence-electron chi connectivity index (χ2n) is 11.5. The summed E-state index contributed by atoms with van der Waals surface area (Å²) in [5.74, 6) is -0.337. The van der Waals surface area contributed by atoms with Gasteiger partial charge in [-0.3, -0.25) is 0 Å². The molecular weight excluding hydrogens is 593 g/mol. The lowest BCUT2D eigenvalue weighted by molar-refractivity contribution is 0.632. The first-order valence-corrected chi connectivity index (χ1v) is 15.5. The van der Waals surface area contributed by atoms with E-state index in [2.05, 4.69) is 0 Å². The van der Waals surface area contributed by atoms with Crippen LogP contribution in [0.15, 0.2) is 186 Å². The topological polar surface area (TPSA) is 13.1 Å². The lowest BCUT2D eigenvalue weighted by atomic mass is 9.84. The summed E-state index contributed by atoms with van der Waals surface area (Å²) in [7, 11) is 0. The third-order valence-corrected chi connectivity index (χ3v) is 8.77. The van der Waals surface area contributed by atoms with Crippen molar-refractivity contribution in [2.24, 2.45) is 0 Å². The normalized spacial score (nSPS) is 16.5. The van der Waals surface area contributed by atoms with Gasteiger partial charge in [-0.15, -0.1) is 0 Å². The zero-order valence-corrected chi connectivity index (χ0v) is 25.4. The van der Waals surface area contributed by atoms with E-state index in [0.717, 1.165) is 5.56 Å². The van der Waals surface area contributed by atoms with Gasteiger partial charge in [0, 0.05) is 22.1 Å². The van der Waals surface area contributed by atoms with Crippen LogP contribution in [0.5, 0.6) is 0 Å². The van der Waals surface area contributed by atoms with Crippen LogP contribution in [0.3, 0.4) is 0 Å². The fourth-order valence-electron chi connectivity index (χ4n) is 6.62. The molecule has 1 heteroatoms. The summed E-state index contributed by atoms with van der Waals surface area (Å²) in [5.41, 5.74) is 1.32. The standard InChI is InChI=1S/C48H30O/c1-3-13-31(14-4-1)34-26-28-44-43(30-34)47(48(49-44)36-25-27-38-35(29-36)24-23-32-15-7-8-18-37(32)38)46-41-21-11-9-19-39(41)45(33-16-5-2-6-17-33)40-20-10-12-22-42(40)46/h1-30H/i7D,8D,9D,10D,11D,12D,15D,18D,19D,20D,21D,22D,23D,24D,25D,27D,29D. The fraction of sp³-hybridized carbons (Fsp3) is 0. The molecule has 0 aliphatic rings. The summed E-state index contributed by atoms with van der Waals surface area (Å²) in [5, 5.41) is -1.74. The minimum atomic E-state index is -0.694. The summed E-state index contributed by atoms with van der Waals surface area (Å²) in [4.78, 5) is 0. The molecule has 0 fully saturated rings. The molecule has 0 aliphatic heterocycles. The van der Waals surface area contributed by atoms with Crippen molar-refractivity contribution in [1.29, 1.82) is 0 Å². The average molecular weight is 640 g/mol. The Hall–Kier alpha value is -6.44. The monoisotopic (exact) mass is 639 g/mol. The molecule has 0 unspecified atom stereocenters. The number of furan rings is 1. The first kappa shape index (κ1) is 15.6. The Labute approximate surface area is 308 Å². The van der Waals surface area contributed by atoms with Gasteiger partial charge in [0.2, 0.25) is 0 Å². The summed E-state index contributed by atoms with van der Waals surface area (Å²) in [6, 6.07) is 12.0. The molecule has 1 aromatic heterocycles. The largest absolute Gasteiger partial charge is 0.455 e. The van der Waals surface area contributed by atoms with Crippen LogP contribution in [0.2, 0.25) is 0 Å². The highest BCUT2D eigenvalue weighted by atomic mass is 16.3. The van der Waals surface area contributed by atoms with E-state index in [1.165, 1.54) is 0 Å². The number of benzene rings is 9. The molecule has 0 amide bonds. The molecule has 1 nitrogen and oxygen atoms in total. The van der Waals surface area contributed by atoms with E-state index in [4.69, 9.17) is 16.8 Å². The molecule has 49 heavy (non-hydrogen) atoms. The van der Waals surface area contributed by atoms with E-state index < -0.39 is 114 Å². The molecule has 10 rings (SSSR count). The van der Waals surface area contributed by atoms with Crippen LogP contribution in [0.25, 0.3) is 98.8 Å². The van der Waals surface area contributed by atoms with Gasteiger partial charge in [0.05, 0.1) is 23.3 Å². The highest BCUT2D eigenvalue weighted by Gasteiger charge is 2.24. The third-order valence-electron chi connectivity index (χ3n) is 8.77. The zero-order valence-electron chi connectivity index (χ0n) is 42.4. The van der Waals surface area contributed by atoms with E-state index in [0.29, 0.717) is 11.1 Å². The molecule has 228 valence electrons. The molecule has 0 saturated heterocycles. The molecular formula is C48H30O. The molecule has 0 N–H and O–H groups in total. The van der Waals surface area contributed by atoms with Crippen LogP contribution in [-0.4, -0.2) is 0 Å². The predicted molar refractivity (Wildman–Crippen MR) is 208 cm³/mol. The van der Waals surface area contributed by atoms with Gasteiger partial charge in [-0.2, -0.15) is 0 Å². The van der Waals surface area contributed by atoms with Gasteiger partial charge in [0.25, 0.3) is 0 Å². The Morgan fingerprint density at radius 2 is 0.939 bits per heavy atom. The van der Waals surface area contributed by atoms with Crippen LogP contribution < -0.4 is 0 Å². The summed E-state index contributed by atoms with van der Waals surface area (Å²) >= 11 is 0. The molecule has 0 spiro atoms. The van der Waals surface area contributed by atoms with Crippen molar-refractivity contribution >= 4 is 54.1 Å². The predicted octanol–water partition coefficient (Wildman–Crippen LogP) is 13.7. The lowest BCUT2D eigenvalue weighted by Crippen LogP contribution is -1.91. The Kier molecular flexibility index (Phi) is 3.54. The van der Waals surface area contributed by atoms with Crippen molar-refractivity contribution in [3.05, 3.63) is 182 Å². The Morgan fingerprint density at radius 3 is 1.63 bits per heavy atom. The van der Waals surface area contributed by atoms with Gasteiger partial charge in [-0.1, -0.05) is 163 Å².